The van der Waals surface area contributed by atoms with Crippen LogP contribution in [0.3, 0.4) is 0 Å². The van der Waals surface area contributed by atoms with E-state index < -0.39 is 0 Å². The molecule has 0 bridgehead atoms. The molecule has 2 heterocycles. The molecule has 3 aromatic rings. The third-order valence-corrected chi connectivity index (χ3v) is 7.43. The Morgan fingerprint density at radius 3 is 3.08 bits per heavy atom. The number of benzene rings is 2. The van der Waals surface area contributed by atoms with Crippen molar-refractivity contribution in [2.24, 2.45) is 0 Å². The lowest BCUT2D eigenvalue weighted by Gasteiger charge is -2.26. The summed E-state index contributed by atoms with van der Waals surface area (Å²) in [5.41, 5.74) is 1.90. The van der Waals surface area contributed by atoms with Gasteiger partial charge in [0.25, 0.3) is 0 Å². The Labute approximate surface area is 163 Å². The molecule has 0 spiro atoms. The van der Waals surface area contributed by atoms with Crippen LogP contribution < -0.4 is 5.32 Å². The van der Waals surface area contributed by atoms with Crippen LogP contribution in [0.1, 0.15) is 23.0 Å². The van der Waals surface area contributed by atoms with Crippen molar-refractivity contribution < 1.29 is 9.18 Å². The third kappa shape index (κ3) is 4.05. The monoisotopic (exact) mass is 404 g/mol. The molecule has 2 aromatic carbocycles. The molecule has 1 N–H and O–H groups in total. The molecule has 1 amide bonds. The van der Waals surface area contributed by atoms with Crippen molar-refractivity contribution in [1.82, 2.24) is 10.3 Å². The van der Waals surface area contributed by atoms with Gasteiger partial charge in [-0.3, -0.25) is 4.79 Å². The second-order valence-corrected chi connectivity index (χ2v) is 9.25. The summed E-state index contributed by atoms with van der Waals surface area (Å²) >= 11 is 4.94. The van der Waals surface area contributed by atoms with Crippen molar-refractivity contribution in [2.45, 2.75) is 23.1 Å². The molecule has 7 heteroatoms. The number of hydrogen-bond acceptors (Lipinski definition) is 5. The van der Waals surface area contributed by atoms with Crippen molar-refractivity contribution in [3.05, 3.63) is 58.9 Å². The Bertz CT molecular complexity index is 910. The number of thioether (sulfide) groups is 2. The van der Waals surface area contributed by atoms with Crippen LogP contribution in [0.25, 0.3) is 10.2 Å². The second-order valence-electron chi connectivity index (χ2n) is 6.01. The first-order valence-corrected chi connectivity index (χ1v) is 11.3. The third-order valence-electron chi connectivity index (χ3n) is 4.14. The Kier molecular flexibility index (Phi) is 5.47. The highest BCUT2D eigenvalue weighted by atomic mass is 32.2. The Morgan fingerprint density at radius 2 is 2.19 bits per heavy atom. The van der Waals surface area contributed by atoms with Crippen molar-refractivity contribution in [2.75, 3.05) is 11.5 Å². The van der Waals surface area contributed by atoms with Gasteiger partial charge in [0.15, 0.2) is 0 Å². The first-order valence-electron chi connectivity index (χ1n) is 8.33. The number of halogens is 1. The van der Waals surface area contributed by atoms with E-state index in [9.17, 15) is 9.18 Å². The summed E-state index contributed by atoms with van der Waals surface area (Å²) in [7, 11) is 0. The van der Waals surface area contributed by atoms with Crippen LogP contribution in [0.5, 0.6) is 0 Å². The summed E-state index contributed by atoms with van der Waals surface area (Å²) in [4.78, 5) is 18.0. The van der Waals surface area contributed by atoms with Gasteiger partial charge >= 0.3 is 0 Å². The number of rotatable bonds is 5. The maximum absolute atomic E-state index is 13.6. The number of carbonyl (C=O) groups is 1. The number of fused-ring (bicyclic) bond motifs is 2. The number of nitrogens with one attached hydrogen (secondary N) is 1. The molecule has 0 fully saturated rings. The Hall–Kier alpha value is -1.57. The molecule has 0 radical (unpaired) electrons. The Morgan fingerprint density at radius 1 is 1.31 bits per heavy atom. The number of nitrogens with zero attached hydrogens (tertiary/aromatic N) is 1. The summed E-state index contributed by atoms with van der Waals surface area (Å²) in [5, 5.41) is 4.09. The fourth-order valence-electron chi connectivity index (χ4n) is 2.96. The molecule has 1 aliphatic heterocycles. The van der Waals surface area contributed by atoms with Crippen LogP contribution in [-0.2, 0) is 10.5 Å². The van der Waals surface area contributed by atoms with Crippen molar-refractivity contribution >= 4 is 51.0 Å². The van der Waals surface area contributed by atoms with E-state index in [1.807, 2.05) is 18.2 Å². The van der Waals surface area contributed by atoms with E-state index in [0.29, 0.717) is 5.75 Å². The van der Waals surface area contributed by atoms with Gasteiger partial charge in [0.1, 0.15) is 10.8 Å². The molecule has 1 atom stereocenters. The molecule has 4 rings (SSSR count). The van der Waals surface area contributed by atoms with E-state index >= 15 is 0 Å². The van der Waals surface area contributed by atoms with E-state index in [2.05, 4.69) is 16.4 Å². The first kappa shape index (κ1) is 17.8. The van der Waals surface area contributed by atoms with Gasteiger partial charge in [0, 0.05) is 16.4 Å². The maximum atomic E-state index is 13.6. The average molecular weight is 405 g/mol. The molecule has 0 saturated heterocycles. The Balaban J connectivity index is 1.33. The van der Waals surface area contributed by atoms with Gasteiger partial charge in [0.2, 0.25) is 5.91 Å². The standard InChI is InChI=1S/C19H17FN2OS3/c20-12-5-6-16-13(9-12)14(7-8-25-16)21-18(23)10-24-11-19-22-15-3-1-2-4-17(15)26-19/h1-6,9,14H,7-8,10-11H2,(H,21,23). The highest BCUT2D eigenvalue weighted by molar-refractivity contribution is 7.99. The maximum Gasteiger partial charge on any atom is 0.230 e. The molecule has 1 aliphatic rings. The fourth-order valence-corrected chi connectivity index (χ4v) is 5.93. The number of amides is 1. The van der Waals surface area contributed by atoms with Gasteiger partial charge in [0.05, 0.1) is 22.0 Å². The van der Waals surface area contributed by atoms with E-state index in [1.165, 1.54) is 10.8 Å². The minimum Gasteiger partial charge on any atom is -0.349 e. The number of thiazole rings is 1. The highest BCUT2D eigenvalue weighted by Gasteiger charge is 2.22. The normalized spacial score (nSPS) is 16.4. The van der Waals surface area contributed by atoms with Crippen LogP contribution >= 0.6 is 34.9 Å². The second kappa shape index (κ2) is 7.98. The molecular formula is C19H17FN2OS3. The predicted octanol–water partition coefficient (Wildman–Crippen LogP) is 5.02. The van der Waals surface area contributed by atoms with Gasteiger partial charge in [-0.25, -0.2) is 9.37 Å². The molecule has 26 heavy (non-hydrogen) atoms. The van der Waals surface area contributed by atoms with Crippen LogP contribution in [0.15, 0.2) is 47.4 Å². The van der Waals surface area contributed by atoms with E-state index in [4.69, 9.17) is 0 Å². The van der Waals surface area contributed by atoms with Gasteiger partial charge in [-0.2, -0.15) is 0 Å². The minimum absolute atomic E-state index is 0.0109. The zero-order valence-corrected chi connectivity index (χ0v) is 16.4. The number of hydrogen-bond donors (Lipinski definition) is 1. The fraction of sp³-hybridized carbons (Fsp3) is 0.263. The zero-order valence-electron chi connectivity index (χ0n) is 13.9. The van der Waals surface area contributed by atoms with E-state index in [-0.39, 0.29) is 17.8 Å². The van der Waals surface area contributed by atoms with E-state index in [1.54, 1.807) is 47.0 Å². The quantitative estimate of drug-likeness (QED) is 0.648. The largest absolute Gasteiger partial charge is 0.349 e. The number of aromatic nitrogens is 1. The lowest BCUT2D eigenvalue weighted by Crippen LogP contribution is -2.32. The highest BCUT2D eigenvalue weighted by Crippen LogP contribution is 2.36. The van der Waals surface area contributed by atoms with Crippen molar-refractivity contribution in [3.8, 4) is 0 Å². The molecule has 134 valence electrons. The summed E-state index contributed by atoms with van der Waals surface area (Å²) in [6.45, 7) is 0. The minimum atomic E-state index is -0.254. The molecule has 1 aromatic heterocycles. The van der Waals surface area contributed by atoms with Gasteiger partial charge < -0.3 is 5.32 Å². The van der Waals surface area contributed by atoms with Crippen LogP contribution in [0, 0.1) is 5.82 Å². The first-order chi connectivity index (χ1) is 12.7. The lowest BCUT2D eigenvalue weighted by atomic mass is 10.0. The summed E-state index contributed by atoms with van der Waals surface area (Å²) < 4.78 is 14.7. The molecular weight excluding hydrogens is 387 g/mol. The lowest BCUT2D eigenvalue weighted by molar-refractivity contribution is -0.119. The number of carbonyl (C=O) groups excluding carboxylic acids is 1. The average Bonchev–Trinajstić information content (AvgIpc) is 3.05. The van der Waals surface area contributed by atoms with Gasteiger partial charge in [-0.15, -0.1) is 34.9 Å². The summed E-state index contributed by atoms with van der Waals surface area (Å²) in [6, 6.07) is 12.8. The van der Waals surface area contributed by atoms with E-state index in [0.717, 1.165) is 38.9 Å². The molecule has 1 unspecified atom stereocenters. The SMILES string of the molecule is O=C(CSCc1nc2ccccc2s1)NC1CCSc2ccc(F)cc21. The van der Waals surface area contributed by atoms with Crippen LogP contribution in [0.2, 0.25) is 0 Å². The summed E-state index contributed by atoms with van der Waals surface area (Å²) in [5.74, 6) is 1.77. The van der Waals surface area contributed by atoms with Gasteiger partial charge in [-0.1, -0.05) is 12.1 Å². The van der Waals surface area contributed by atoms with Crippen LogP contribution in [0.4, 0.5) is 4.39 Å². The summed E-state index contributed by atoms with van der Waals surface area (Å²) in [6.07, 6.45) is 0.829. The predicted molar refractivity (Wildman–Crippen MR) is 108 cm³/mol. The molecule has 0 aliphatic carbocycles. The van der Waals surface area contributed by atoms with Gasteiger partial charge in [-0.05, 0) is 42.3 Å². The number of para-hydroxylation sites is 1. The molecule has 3 nitrogen and oxygen atoms in total. The topological polar surface area (TPSA) is 42.0 Å². The van der Waals surface area contributed by atoms with Crippen molar-refractivity contribution in [3.63, 3.8) is 0 Å². The zero-order chi connectivity index (χ0) is 17.9. The molecule has 0 saturated carbocycles. The smallest absolute Gasteiger partial charge is 0.230 e. The van der Waals surface area contributed by atoms with Crippen LogP contribution in [-0.4, -0.2) is 22.4 Å². The van der Waals surface area contributed by atoms with Crippen molar-refractivity contribution in [1.29, 1.82) is 0 Å².